The fourth-order valence-electron chi connectivity index (χ4n) is 2.72. The van der Waals surface area contributed by atoms with Gasteiger partial charge in [0.1, 0.15) is 16.3 Å². The number of anilines is 1. The number of benzene rings is 3. The van der Waals surface area contributed by atoms with Crippen LogP contribution in [0.4, 0.5) is 22.7 Å². The highest BCUT2D eigenvalue weighted by atomic mass is 35.5. The van der Waals surface area contributed by atoms with Gasteiger partial charge in [0.25, 0.3) is 16.0 Å². The second-order valence-corrected chi connectivity index (χ2v) is 9.69. The van der Waals surface area contributed by atoms with E-state index >= 15 is 0 Å². The average Bonchev–Trinajstić information content (AvgIpc) is 2.88. The Morgan fingerprint density at radius 1 is 1.00 bits per heavy atom. The van der Waals surface area contributed by atoms with Gasteiger partial charge in [-0.15, -0.1) is 14.6 Å². The van der Waals surface area contributed by atoms with E-state index in [1.54, 1.807) is 42.5 Å². The molecule has 38 heavy (non-hydrogen) atoms. The Morgan fingerprint density at radius 2 is 1.66 bits per heavy atom. The fraction of sp³-hybridized carbons (Fsp3) is 0.0455. The number of nitrogens with one attached hydrogen (secondary N) is 1. The maximum Gasteiger partial charge on any atom is 0.296 e. The van der Waals surface area contributed by atoms with Crippen molar-refractivity contribution in [2.24, 2.45) is 20.5 Å². The quantitative estimate of drug-likeness (QED) is 0.0374. The van der Waals surface area contributed by atoms with Crippen molar-refractivity contribution < 1.29 is 37.5 Å². The Balaban J connectivity index is 1.84. The van der Waals surface area contributed by atoms with Crippen LogP contribution in [0.3, 0.4) is 0 Å². The summed E-state index contributed by atoms with van der Waals surface area (Å²) in [4.78, 5) is 12.5. The third-order valence-electron chi connectivity index (χ3n) is 4.44. The minimum atomic E-state index is -4.80. The van der Waals surface area contributed by atoms with Crippen molar-refractivity contribution in [2.45, 2.75) is 16.7 Å². The van der Waals surface area contributed by atoms with Crippen LogP contribution in [0, 0.1) is 0 Å². The van der Waals surface area contributed by atoms with Crippen LogP contribution in [0.2, 0.25) is 5.02 Å². The minimum absolute atomic E-state index is 0.0533. The van der Waals surface area contributed by atoms with Gasteiger partial charge in [-0.05, 0) is 61.5 Å². The molecule has 3 aromatic carbocycles. The highest BCUT2D eigenvalue weighted by molar-refractivity contribution is 7.94. The molecular formula is C22H18ClN5O8S2. The number of rotatable bonds is 10. The lowest BCUT2D eigenvalue weighted by Crippen LogP contribution is -2.14. The minimum Gasteiger partial charge on any atom is -0.510 e. The summed E-state index contributed by atoms with van der Waals surface area (Å²) < 4.78 is 38.0. The van der Waals surface area contributed by atoms with Gasteiger partial charge >= 0.3 is 0 Å². The molecule has 198 valence electrons. The highest BCUT2D eigenvalue weighted by Crippen LogP contribution is 2.31. The normalized spacial score (nSPS) is 12.6. The molecule has 0 aliphatic carbocycles. The first-order chi connectivity index (χ1) is 18.1. The van der Waals surface area contributed by atoms with Gasteiger partial charge in [0.05, 0.1) is 34.1 Å². The zero-order valence-electron chi connectivity index (χ0n) is 19.2. The number of hydrogen-bond acceptors (Lipinski definition) is 12. The summed E-state index contributed by atoms with van der Waals surface area (Å²) in [6.45, 7) is 1.19. The summed E-state index contributed by atoms with van der Waals surface area (Å²) in [7, 11) is -4.80. The molecule has 3 aromatic rings. The van der Waals surface area contributed by atoms with Crippen molar-refractivity contribution in [2.75, 3.05) is 5.32 Å². The number of carbonyl (C=O) groups excluding carboxylic acids is 1. The molecule has 16 heteroatoms. The molecule has 0 saturated carbocycles. The predicted molar refractivity (Wildman–Crippen MR) is 137 cm³/mol. The number of aliphatic hydroxyl groups is 1. The lowest BCUT2D eigenvalue weighted by atomic mass is 10.3. The number of amides is 1. The Kier molecular flexibility index (Phi) is 10.0. The third kappa shape index (κ3) is 8.15. The van der Waals surface area contributed by atoms with Crippen LogP contribution in [0.5, 0.6) is 0 Å². The molecule has 0 atom stereocenters. The maximum absolute atomic E-state index is 12.6. The molecule has 0 aromatic heterocycles. The first-order valence-electron chi connectivity index (χ1n) is 10.2. The van der Waals surface area contributed by atoms with Crippen molar-refractivity contribution in [3.05, 3.63) is 83.2 Å². The molecule has 0 aliphatic heterocycles. The van der Waals surface area contributed by atoms with Crippen LogP contribution >= 0.6 is 23.6 Å². The predicted octanol–water partition coefficient (Wildman–Crippen LogP) is 6.94. The van der Waals surface area contributed by atoms with Gasteiger partial charge in [-0.3, -0.25) is 9.35 Å². The molecule has 13 nitrogen and oxygen atoms in total. The van der Waals surface area contributed by atoms with Gasteiger partial charge in [0.15, 0.2) is 5.70 Å². The molecule has 0 radical (unpaired) electrons. The summed E-state index contributed by atoms with van der Waals surface area (Å²) in [5, 5.41) is 39.7. The van der Waals surface area contributed by atoms with Gasteiger partial charge in [-0.1, -0.05) is 28.8 Å². The molecule has 0 saturated heterocycles. The number of para-hydroxylation sites is 1. The van der Waals surface area contributed by atoms with Crippen molar-refractivity contribution in [3.63, 3.8) is 0 Å². The van der Waals surface area contributed by atoms with E-state index in [0.717, 1.165) is 18.1 Å². The van der Waals surface area contributed by atoms with Crippen LogP contribution in [-0.2, 0) is 24.3 Å². The zero-order valence-corrected chi connectivity index (χ0v) is 21.6. The monoisotopic (exact) mass is 579 g/mol. The molecule has 4 N–H and O–H groups in total. The van der Waals surface area contributed by atoms with Crippen molar-refractivity contribution in [3.8, 4) is 0 Å². The van der Waals surface area contributed by atoms with Crippen LogP contribution in [-0.4, -0.2) is 29.2 Å². The molecule has 0 heterocycles. The third-order valence-corrected chi connectivity index (χ3v) is 6.24. The van der Waals surface area contributed by atoms with Crippen molar-refractivity contribution >= 4 is 62.4 Å². The van der Waals surface area contributed by atoms with Gasteiger partial charge in [-0.2, -0.15) is 18.6 Å². The SMILES string of the molecule is C/C(O)=C(/N=Nc1ccc(N=Nc2ccc(SOOO)cc2)cc1S(=O)(=O)O)C(=O)Nc1ccccc1Cl. The largest absolute Gasteiger partial charge is 0.510 e. The number of nitrogens with zero attached hydrogens (tertiary/aromatic N) is 4. The molecule has 1 amide bonds. The van der Waals surface area contributed by atoms with E-state index < -0.39 is 32.4 Å². The van der Waals surface area contributed by atoms with E-state index in [9.17, 15) is 22.9 Å². The van der Waals surface area contributed by atoms with Crippen LogP contribution in [0.1, 0.15) is 6.92 Å². The molecular weight excluding hydrogens is 562 g/mol. The molecule has 3 rings (SSSR count). The summed E-state index contributed by atoms with van der Waals surface area (Å²) in [6.07, 6.45) is 0. The Hall–Kier alpha value is -3.70. The highest BCUT2D eigenvalue weighted by Gasteiger charge is 2.19. The van der Waals surface area contributed by atoms with Crippen LogP contribution < -0.4 is 5.32 Å². The molecule has 0 unspecified atom stereocenters. The van der Waals surface area contributed by atoms with E-state index in [4.69, 9.17) is 16.9 Å². The van der Waals surface area contributed by atoms with Crippen molar-refractivity contribution in [1.29, 1.82) is 0 Å². The second-order valence-electron chi connectivity index (χ2n) is 7.11. The molecule has 0 aliphatic rings. The lowest BCUT2D eigenvalue weighted by Gasteiger charge is -2.08. The Bertz CT molecular complexity index is 1510. The van der Waals surface area contributed by atoms with Gasteiger partial charge in [-0.25, -0.2) is 5.26 Å². The number of hydrogen-bond donors (Lipinski definition) is 4. The van der Waals surface area contributed by atoms with Gasteiger partial charge < -0.3 is 10.4 Å². The summed E-state index contributed by atoms with van der Waals surface area (Å²) in [5.74, 6) is -1.36. The fourth-order valence-corrected chi connectivity index (χ4v) is 3.90. The number of halogens is 1. The molecule has 0 bridgehead atoms. The topological polar surface area (TPSA) is 192 Å². The van der Waals surface area contributed by atoms with Crippen LogP contribution in [0.25, 0.3) is 0 Å². The molecule has 0 fully saturated rings. The second kappa shape index (κ2) is 13.2. The zero-order chi connectivity index (χ0) is 27.7. The number of aliphatic hydroxyl groups excluding tert-OH is 1. The average molecular weight is 580 g/mol. The van der Waals surface area contributed by atoms with Crippen molar-refractivity contribution in [1.82, 2.24) is 0 Å². The smallest absolute Gasteiger partial charge is 0.296 e. The van der Waals surface area contributed by atoms with E-state index in [1.165, 1.54) is 25.1 Å². The molecule has 0 spiro atoms. The maximum atomic E-state index is 12.6. The first-order valence-corrected chi connectivity index (χ1v) is 12.8. The van der Waals surface area contributed by atoms with E-state index in [1.807, 2.05) is 0 Å². The summed E-state index contributed by atoms with van der Waals surface area (Å²) in [6, 6.07) is 16.2. The Labute approximate surface area is 225 Å². The van der Waals surface area contributed by atoms with Crippen LogP contribution in [0.15, 0.2) is 108 Å². The lowest BCUT2D eigenvalue weighted by molar-refractivity contribution is -0.432. The number of carbonyl (C=O) groups is 1. The Morgan fingerprint density at radius 3 is 2.29 bits per heavy atom. The number of allylic oxidation sites excluding steroid dienone is 1. The number of azo groups is 2. The first kappa shape index (κ1) is 28.9. The standard InChI is InChI=1S/C22H18ClN5O8S2/c1-13(29)21(22(30)24-18-5-3-2-4-17(18)23)28-27-19-11-8-15(12-20(19)38(32,33)34)26-25-14-6-9-16(10-7-14)37-36-35-31/h2-12,29,31H,1H3,(H,24,30)(H,32,33,34)/b21-13-,26-25?,28-27?. The van der Waals surface area contributed by atoms with Gasteiger partial charge in [0.2, 0.25) is 0 Å². The van der Waals surface area contributed by atoms with E-state index in [-0.39, 0.29) is 22.1 Å². The summed E-state index contributed by atoms with van der Waals surface area (Å²) in [5.41, 5.74) is -0.148. The van der Waals surface area contributed by atoms with E-state index in [2.05, 4.69) is 35.1 Å². The van der Waals surface area contributed by atoms with Gasteiger partial charge in [0, 0.05) is 4.90 Å². The van der Waals surface area contributed by atoms with E-state index in [0.29, 0.717) is 10.6 Å². The summed E-state index contributed by atoms with van der Waals surface area (Å²) >= 11 is 6.78.